The average molecular weight is 262 g/mol. The Morgan fingerprint density at radius 2 is 1.68 bits per heavy atom. The lowest BCUT2D eigenvalue weighted by atomic mass is 10.1. The summed E-state index contributed by atoms with van der Waals surface area (Å²) in [5.41, 5.74) is 8.33. The fourth-order valence-corrected chi connectivity index (χ4v) is 2.30. The second kappa shape index (κ2) is 9.11. The van der Waals surface area contributed by atoms with E-state index in [4.69, 9.17) is 5.73 Å². The maximum absolute atomic E-state index is 5.58. The van der Waals surface area contributed by atoms with Crippen LogP contribution in [0.3, 0.4) is 0 Å². The summed E-state index contributed by atoms with van der Waals surface area (Å²) in [5, 5.41) is 0. The highest BCUT2D eigenvalue weighted by Crippen LogP contribution is 2.12. The first-order chi connectivity index (χ1) is 9.17. The van der Waals surface area contributed by atoms with E-state index in [1.165, 1.54) is 36.9 Å². The molecular formula is C17H30N2. The van der Waals surface area contributed by atoms with Crippen LogP contribution >= 0.6 is 0 Å². The third kappa shape index (κ3) is 6.22. The zero-order valence-electron chi connectivity index (χ0n) is 12.9. The topological polar surface area (TPSA) is 29.3 Å². The molecule has 0 aliphatic carbocycles. The Morgan fingerprint density at radius 3 is 2.21 bits per heavy atom. The number of hydrogen-bond donors (Lipinski definition) is 1. The van der Waals surface area contributed by atoms with Crippen LogP contribution in [-0.2, 0) is 13.0 Å². The normalized spacial score (nSPS) is 11.5. The maximum Gasteiger partial charge on any atom is 0.0236 e. The molecule has 0 aliphatic heterocycles. The lowest BCUT2D eigenvalue weighted by Gasteiger charge is -2.26. The Morgan fingerprint density at radius 1 is 1.05 bits per heavy atom. The molecule has 0 bridgehead atoms. The lowest BCUT2D eigenvalue weighted by molar-refractivity contribution is 0.208. The van der Waals surface area contributed by atoms with Gasteiger partial charge >= 0.3 is 0 Å². The molecule has 1 aromatic carbocycles. The summed E-state index contributed by atoms with van der Waals surface area (Å²) in [6.07, 6.45) is 4.91. The zero-order valence-corrected chi connectivity index (χ0v) is 12.9. The van der Waals surface area contributed by atoms with Gasteiger partial charge in [-0.25, -0.2) is 0 Å². The molecule has 0 amide bonds. The summed E-state index contributed by atoms with van der Waals surface area (Å²) in [4.78, 5) is 2.56. The van der Waals surface area contributed by atoms with E-state index in [0.29, 0.717) is 6.04 Å². The molecule has 0 heterocycles. The molecule has 0 aliphatic rings. The third-order valence-electron chi connectivity index (χ3n) is 3.62. The van der Waals surface area contributed by atoms with Crippen LogP contribution in [0.25, 0.3) is 0 Å². The molecular weight excluding hydrogens is 232 g/mol. The molecule has 0 atom stereocenters. The summed E-state index contributed by atoms with van der Waals surface area (Å²) in [6, 6.07) is 9.54. The number of hydrogen-bond acceptors (Lipinski definition) is 2. The smallest absolute Gasteiger partial charge is 0.0236 e. The van der Waals surface area contributed by atoms with Crippen molar-refractivity contribution in [1.29, 1.82) is 0 Å². The Labute approximate surface area is 119 Å². The van der Waals surface area contributed by atoms with E-state index in [1.54, 1.807) is 0 Å². The van der Waals surface area contributed by atoms with Crippen LogP contribution in [0, 0.1) is 0 Å². The van der Waals surface area contributed by atoms with Gasteiger partial charge in [-0.3, -0.25) is 4.90 Å². The first-order valence-electron chi connectivity index (χ1n) is 7.69. The van der Waals surface area contributed by atoms with Crippen LogP contribution in [0.2, 0.25) is 0 Å². The van der Waals surface area contributed by atoms with Gasteiger partial charge in [0.1, 0.15) is 0 Å². The minimum Gasteiger partial charge on any atom is -0.330 e. The summed E-state index contributed by atoms with van der Waals surface area (Å²) >= 11 is 0. The van der Waals surface area contributed by atoms with Gasteiger partial charge in [-0.2, -0.15) is 0 Å². The molecule has 19 heavy (non-hydrogen) atoms. The van der Waals surface area contributed by atoms with Crippen LogP contribution in [0.4, 0.5) is 0 Å². The van der Waals surface area contributed by atoms with E-state index in [2.05, 4.69) is 49.9 Å². The SMILES string of the molecule is CCCCCN(Cc1ccc(CCN)cc1)C(C)C. The number of nitrogens with zero attached hydrogens (tertiary/aromatic N) is 1. The Bertz CT molecular complexity index is 330. The number of rotatable bonds is 9. The summed E-state index contributed by atoms with van der Waals surface area (Å²) in [6.45, 7) is 9.83. The van der Waals surface area contributed by atoms with E-state index in [1.807, 2.05) is 0 Å². The fourth-order valence-electron chi connectivity index (χ4n) is 2.30. The molecule has 0 fully saturated rings. The van der Waals surface area contributed by atoms with Gasteiger partial charge in [0, 0.05) is 12.6 Å². The van der Waals surface area contributed by atoms with Crippen LogP contribution in [0.5, 0.6) is 0 Å². The van der Waals surface area contributed by atoms with Gasteiger partial charge < -0.3 is 5.73 Å². The molecule has 0 saturated heterocycles. The van der Waals surface area contributed by atoms with Crippen molar-refractivity contribution in [2.75, 3.05) is 13.1 Å². The summed E-state index contributed by atoms with van der Waals surface area (Å²) < 4.78 is 0. The molecule has 2 nitrogen and oxygen atoms in total. The average Bonchev–Trinajstić information content (AvgIpc) is 2.40. The van der Waals surface area contributed by atoms with Crippen molar-refractivity contribution in [2.45, 2.75) is 59.0 Å². The van der Waals surface area contributed by atoms with Crippen molar-refractivity contribution < 1.29 is 0 Å². The second-order valence-corrected chi connectivity index (χ2v) is 5.63. The molecule has 0 aromatic heterocycles. The van der Waals surface area contributed by atoms with Crippen molar-refractivity contribution in [2.24, 2.45) is 5.73 Å². The van der Waals surface area contributed by atoms with Crippen LogP contribution in [-0.4, -0.2) is 24.0 Å². The molecule has 2 N–H and O–H groups in total. The molecule has 0 radical (unpaired) electrons. The van der Waals surface area contributed by atoms with Crippen molar-refractivity contribution in [3.63, 3.8) is 0 Å². The van der Waals surface area contributed by atoms with Gasteiger partial charge in [0.15, 0.2) is 0 Å². The monoisotopic (exact) mass is 262 g/mol. The largest absolute Gasteiger partial charge is 0.330 e. The second-order valence-electron chi connectivity index (χ2n) is 5.63. The highest BCUT2D eigenvalue weighted by molar-refractivity contribution is 5.22. The Hall–Kier alpha value is -0.860. The van der Waals surface area contributed by atoms with E-state index in [-0.39, 0.29) is 0 Å². The highest BCUT2D eigenvalue weighted by atomic mass is 15.1. The van der Waals surface area contributed by atoms with E-state index in [0.717, 1.165) is 19.5 Å². The van der Waals surface area contributed by atoms with E-state index < -0.39 is 0 Å². The standard InChI is InChI=1S/C17H30N2/c1-4-5-6-13-19(15(2)3)14-17-9-7-16(8-10-17)11-12-18/h7-10,15H,4-6,11-14,18H2,1-3H3. The Kier molecular flexibility index (Phi) is 7.76. The summed E-state index contributed by atoms with van der Waals surface area (Å²) in [5.74, 6) is 0. The predicted octanol–water partition coefficient (Wildman–Crippen LogP) is 3.59. The molecule has 1 aromatic rings. The Balaban J connectivity index is 2.52. The summed E-state index contributed by atoms with van der Waals surface area (Å²) in [7, 11) is 0. The predicted molar refractivity (Wildman–Crippen MR) is 84.3 cm³/mol. The van der Waals surface area contributed by atoms with Crippen molar-refractivity contribution in [3.8, 4) is 0 Å². The molecule has 0 spiro atoms. The first kappa shape index (κ1) is 16.2. The molecule has 2 heteroatoms. The third-order valence-corrected chi connectivity index (χ3v) is 3.62. The lowest BCUT2D eigenvalue weighted by Crippen LogP contribution is -2.31. The number of benzene rings is 1. The van der Waals surface area contributed by atoms with Gasteiger partial charge in [0.2, 0.25) is 0 Å². The zero-order chi connectivity index (χ0) is 14.1. The minimum absolute atomic E-state index is 0.612. The molecule has 1 rings (SSSR count). The van der Waals surface area contributed by atoms with Gasteiger partial charge in [-0.15, -0.1) is 0 Å². The number of unbranched alkanes of at least 4 members (excludes halogenated alkanes) is 2. The van der Waals surface area contributed by atoms with Gasteiger partial charge in [-0.1, -0.05) is 44.0 Å². The van der Waals surface area contributed by atoms with Crippen LogP contribution in [0.1, 0.15) is 51.2 Å². The highest BCUT2D eigenvalue weighted by Gasteiger charge is 2.09. The molecule has 108 valence electrons. The van der Waals surface area contributed by atoms with Gasteiger partial charge in [0.05, 0.1) is 0 Å². The van der Waals surface area contributed by atoms with Gasteiger partial charge in [0.25, 0.3) is 0 Å². The minimum atomic E-state index is 0.612. The fraction of sp³-hybridized carbons (Fsp3) is 0.647. The number of nitrogens with two attached hydrogens (primary N) is 1. The van der Waals surface area contributed by atoms with E-state index >= 15 is 0 Å². The van der Waals surface area contributed by atoms with Crippen molar-refractivity contribution >= 4 is 0 Å². The molecule has 0 saturated carbocycles. The quantitative estimate of drug-likeness (QED) is 0.689. The van der Waals surface area contributed by atoms with Crippen molar-refractivity contribution in [3.05, 3.63) is 35.4 Å². The van der Waals surface area contributed by atoms with Crippen LogP contribution < -0.4 is 5.73 Å². The van der Waals surface area contributed by atoms with Crippen molar-refractivity contribution in [1.82, 2.24) is 4.90 Å². The first-order valence-corrected chi connectivity index (χ1v) is 7.69. The van der Waals surface area contributed by atoms with Crippen LogP contribution in [0.15, 0.2) is 24.3 Å². The van der Waals surface area contributed by atoms with Gasteiger partial charge in [-0.05, 0) is 50.9 Å². The maximum atomic E-state index is 5.58. The van der Waals surface area contributed by atoms with E-state index in [9.17, 15) is 0 Å². The molecule has 0 unspecified atom stereocenters.